The Morgan fingerprint density at radius 3 is 2.31 bits per heavy atom. The number of carbonyl (C=O) groups is 2. The quantitative estimate of drug-likeness (QED) is 0.913. The molecular weight excluding hydrogens is 339 g/mol. The third-order valence-corrected chi connectivity index (χ3v) is 4.28. The lowest BCUT2D eigenvalue weighted by Gasteiger charge is -2.34. The molecule has 1 aliphatic heterocycles. The average Bonchev–Trinajstić information content (AvgIpc) is 3.11. The van der Waals surface area contributed by atoms with Gasteiger partial charge in [-0.25, -0.2) is 9.18 Å². The van der Waals surface area contributed by atoms with Gasteiger partial charge in [-0.15, -0.1) is 0 Å². The minimum Gasteiger partial charge on any atom is -0.359 e. The minimum absolute atomic E-state index is 0.164. The zero-order valence-corrected chi connectivity index (χ0v) is 14.7. The van der Waals surface area contributed by atoms with E-state index in [1.54, 1.807) is 15.9 Å². The summed E-state index contributed by atoms with van der Waals surface area (Å²) in [6, 6.07) is 6.89. The third-order valence-electron chi connectivity index (χ3n) is 4.28. The fourth-order valence-corrected chi connectivity index (χ4v) is 2.70. The topological polar surface area (TPSA) is 78.7 Å². The predicted octanol–water partition coefficient (Wildman–Crippen LogP) is 2.93. The van der Waals surface area contributed by atoms with Gasteiger partial charge < -0.3 is 14.3 Å². The molecule has 0 atom stereocenters. The van der Waals surface area contributed by atoms with Crippen molar-refractivity contribution in [2.75, 3.05) is 31.5 Å². The van der Waals surface area contributed by atoms with Crippen molar-refractivity contribution in [1.29, 1.82) is 0 Å². The van der Waals surface area contributed by atoms with E-state index in [-0.39, 0.29) is 23.7 Å². The van der Waals surface area contributed by atoms with Crippen LogP contribution in [-0.2, 0) is 0 Å². The highest BCUT2D eigenvalue weighted by molar-refractivity contribution is 5.94. The van der Waals surface area contributed by atoms with E-state index in [9.17, 15) is 14.0 Å². The number of hydrogen-bond donors (Lipinski definition) is 1. The van der Waals surface area contributed by atoms with Crippen LogP contribution in [0.2, 0.25) is 0 Å². The maximum absolute atomic E-state index is 13.0. The summed E-state index contributed by atoms with van der Waals surface area (Å²) in [5.74, 6) is 0.729. The summed E-state index contributed by atoms with van der Waals surface area (Å²) in [6.07, 6.45) is 0. The van der Waals surface area contributed by atoms with Gasteiger partial charge in [-0.3, -0.25) is 10.1 Å². The first-order valence-electron chi connectivity index (χ1n) is 8.51. The van der Waals surface area contributed by atoms with Crippen LogP contribution in [0.15, 0.2) is 34.9 Å². The van der Waals surface area contributed by atoms with Crippen LogP contribution < -0.4 is 5.32 Å². The van der Waals surface area contributed by atoms with Gasteiger partial charge in [0, 0.05) is 43.7 Å². The summed E-state index contributed by atoms with van der Waals surface area (Å²) in [5.41, 5.74) is 0.438. The average molecular weight is 360 g/mol. The molecule has 8 heteroatoms. The van der Waals surface area contributed by atoms with Crippen molar-refractivity contribution in [2.45, 2.75) is 19.8 Å². The molecule has 2 heterocycles. The van der Waals surface area contributed by atoms with Crippen molar-refractivity contribution in [2.24, 2.45) is 0 Å². The number of aromatic nitrogens is 1. The summed E-state index contributed by atoms with van der Waals surface area (Å²) < 4.78 is 18.1. The van der Waals surface area contributed by atoms with Crippen molar-refractivity contribution in [3.8, 4) is 0 Å². The first kappa shape index (κ1) is 17.9. The van der Waals surface area contributed by atoms with Crippen LogP contribution in [-0.4, -0.2) is 53.1 Å². The number of urea groups is 1. The third kappa shape index (κ3) is 4.01. The summed E-state index contributed by atoms with van der Waals surface area (Å²) in [7, 11) is 0. The Bertz CT molecular complexity index is 780. The van der Waals surface area contributed by atoms with Gasteiger partial charge in [0.2, 0.25) is 0 Å². The highest BCUT2D eigenvalue weighted by atomic mass is 19.1. The normalized spacial score (nSPS) is 14.6. The number of halogens is 1. The van der Waals surface area contributed by atoms with E-state index in [1.165, 1.54) is 24.3 Å². The van der Waals surface area contributed by atoms with Gasteiger partial charge >= 0.3 is 6.03 Å². The van der Waals surface area contributed by atoms with Gasteiger partial charge in [0.05, 0.1) is 0 Å². The molecule has 3 amide bonds. The van der Waals surface area contributed by atoms with E-state index in [0.717, 1.165) is 0 Å². The number of rotatable bonds is 3. The molecule has 1 aliphatic rings. The Hall–Kier alpha value is -2.90. The van der Waals surface area contributed by atoms with Crippen molar-refractivity contribution >= 4 is 17.8 Å². The van der Waals surface area contributed by atoms with E-state index >= 15 is 0 Å². The second kappa shape index (κ2) is 7.55. The second-order valence-corrected chi connectivity index (χ2v) is 6.49. The van der Waals surface area contributed by atoms with Crippen LogP contribution in [0.5, 0.6) is 0 Å². The summed E-state index contributed by atoms with van der Waals surface area (Å²) in [4.78, 5) is 28.0. The number of nitrogens with zero attached hydrogens (tertiary/aromatic N) is 3. The lowest BCUT2D eigenvalue weighted by Crippen LogP contribution is -2.51. The molecule has 1 saturated heterocycles. The Labute approximate surface area is 150 Å². The minimum atomic E-state index is -0.378. The van der Waals surface area contributed by atoms with E-state index in [0.29, 0.717) is 43.3 Å². The number of amides is 3. The first-order valence-corrected chi connectivity index (χ1v) is 8.51. The molecular formula is C18H21FN4O3. The largest absolute Gasteiger partial charge is 0.359 e. The fourth-order valence-electron chi connectivity index (χ4n) is 2.70. The molecule has 7 nitrogen and oxygen atoms in total. The highest BCUT2D eigenvalue weighted by Gasteiger charge is 2.25. The van der Waals surface area contributed by atoms with E-state index < -0.39 is 0 Å². The highest BCUT2D eigenvalue weighted by Crippen LogP contribution is 2.18. The van der Waals surface area contributed by atoms with Gasteiger partial charge in [-0.2, -0.15) is 0 Å². The number of hydrogen-bond acceptors (Lipinski definition) is 4. The van der Waals surface area contributed by atoms with Crippen molar-refractivity contribution in [1.82, 2.24) is 15.0 Å². The number of piperazine rings is 1. The van der Waals surface area contributed by atoms with Crippen LogP contribution in [0.3, 0.4) is 0 Å². The lowest BCUT2D eigenvalue weighted by molar-refractivity contribution is 0.0671. The molecule has 0 unspecified atom stereocenters. The van der Waals surface area contributed by atoms with Gasteiger partial charge in [-0.05, 0) is 24.3 Å². The molecule has 0 spiro atoms. The Morgan fingerprint density at radius 2 is 1.73 bits per heavy atom. The zero-order valence-electron chi connectivity index (χ0n) is 14.7. The van der Waals surface area contributed by atoms with E-state index in [4.69, 9.17) is 4.52 Å². The number of benzene rings is 1. The molecule has 2 aromatic rings. The molecule has 1 N–H and O–H groups in total. The number of nitrogens with one attached hydrogen (secondary N) is 1. The molecule has 0 aliphatic carbocycles. The number of anilines is 1. The zero-order chi connectivity index (χ0) is 18.7. The number of carbonyl (C=O) groups excluding carboxylic acids is 2. The molecule has 138 valence electrons. The fraction of sp³-hybridized carbons (Fsp3) is 0.389. The SMILES string of the molecule is CC(C)c1cc(NC(=O)N2CCN(C(=O)c3ccc(F)cc3)CC2)no1. The van der Waals surface area contributed by atoms with Crippen molar-refractivity contribution in [3.63, 3.8) is 0 Å². The first-order chi connectivity index (χ1) is 12.4. The van der Waals surface area contributed by atoms with Crippen molar-refractivity contribution < 1.29 is 18.5 Å². The monoisotopic (exact) mass is 360 g/mol. The maximum Gasteiger partial charge on any atom is 0.323 e. The molecule has 1 fully saturated rings. The van der Waals surface area contributed by atoms with Gasteiger partial charge in [0.1, 0.15) is 11.6 Å². The molecule has 26 heavy (non-hydrogen) atoms. The second-order valence-electron chi connectivity index (χ2n) is 6.49. The smallest absolute Gasteiger partial charge is 0.323 e. The maximum atomic E-state index is 13.0. The van der Waals surface area contributed by atoms with Crippen LogP contribution in [0.4, 0.5) is 15.0 Å². The van der Waals surface area contributed by atoms with E-state index in [1.807, 2.05) is 13.8 Å². The standard InChI is InChI=1S/C18H21FN4O3/c1-12(2)15-11-16(21-26-15)20-18(25)23-9-7-22(8-10-23)17(24)13-3-5-14(19)6-4-13/h3-6,11-12H,7-10H2,1-2H3,(H,20,21,25). The van der Waals surface area contributed by atoms with Crippen LogP contribution in [0.25, 0.3) is 0 Å². The summed E-state index contributed by atoms with van der Waals surface area (Å²) >= 11 is 0. The van der Waals surface area contributed by atoms with Gasteiger partial charge in [0.15, 0.2) is 5.82 Å². The molecule has 0 bridgehead atoms. The molecule has 1 aromatic heterocycles. The van der Waals surface area contributed by atoms with Crippen LogP contribution >= 0.6 is 0 Å². The van der Waals surface area contributed by atoms with Gasteiger partial charge in [0.25, 0.3) is 5.91 Å². The van der Waals surface area contributed by atoms with Crippen LogP contribution in [0.1, 0.15) is 35.9 Å². The molecule has 0 saturated carbocycles. The predicted molar refractivity (Wildman–Crippen MR) is 93.5 cm³/mol. The van der Waals surface area contributed by atoms with Gasteiger partial charge in [-0.1, -0.05) is 19.0 Å². The molecule has 3 rings (SSSR count). The van der Waals surface area contributed by atoms with Crippen molar-refractivity contribution in [3.05, 3.63) is 47.5 Å². The Morgan fingerprint density at radius 1 is 1.12 bits per heavy atom. The Kier molecular flexibility index (Phi) is 5.20. The lowest BCUT2D eigenvalue weighted by atomic mass is 10.1. The van der Waals surface area contributed by atoms with Crippen LogP contribution in [0, 0.1) is 5.82 Å². The molecule has 0 radical (unpaired) electrons. The summed E-state index contributed by atoms with van der Waals surface area (Å²) in [6.45, 7) is 5.60. The summed E-state index contributed by atoms with van der Waals surface area (Å²) in [5, 5.41) is 6.54. The van der Waals surface area contributed by atoms with E-state index in [2.05, 4.69) is 10.5 Å². The molecule has 1 aromatic carbocycles. The Balaban J connectivity index is 1.53.